The van der Waals surface area contributed by atoms with Crippen LogP contribution in [-0.2, 0) is 14.3 Å². The minimum absolute atomic E-state index is 0.00977. The summed E-state index contributed by atoms with van der Waals surface area (Å²) in [6.45, 7) is 2.58. The molecular weight excluding hydrogens is 228 g/mol. The zero-order chi connectivity index (χ0) is 12.3. The standard InChI is InChI=1S/C15H20O3/c1-2-5-17-15(16)10-7-11-12-8-3-4-9(6-8)13(12)14(10)18-11/h3-4,8-14H,2,5-7H2,1H3. The highest BCUT2D eigenvalue weighted by Crippen LogP contribution is 2.61. The normalized spacial score (nSPS) is 50.8. The SMILES string of the molecule is CCCOC(=O)C1CC2OC1C1C3C=CC(C3)C21. The van der Waals surface area contributed by atoms with Gasteiger partial charge < -0.3 is 9.47 Å². The highest BCUT2D eigenvalue weighted by atomic mass is 16.5. The lowest BCUT2D eigenvalue weighted by molar-refractivity contribution is -0.151. The van der Waals surface area contributed by atoms with E-state index in [1.54, 1.807) is 0 Å². The molecule has 0 aromatic rings. The summed E-state index contributed by atoms with van der Waals surface area (Å²) in [5.41, 5.74) is 0. The molecule has 0 aromatic heterocycles. The lowest BCUT2D eigenvalue weighted by atomic mass is 9.69. The van der Waals surface area contributed by atoms with Gasteiger partial charge >= 0.3 is 5.97 Å². The number of allylic oxidation sites excluding steroid dienone is 2. The molecule has 4 bridgehead atoms. The number of carbonyl (C=O) groups excluding carboxylic acids is 1. The van der Waals surface area contributed by atoms with E-state index in [1.165, 1.54) is 6.42 Å². The molecule has 4 rings (SSSR count). The molecule has 0 N–H and O–H groups in total. The lowest BCUT2D eigenvalue weighted by Gasteiger charge is -2.32. The molecule has 18 heavy (non-hydrogen) atoms. The van der Waals surface area contributed by atoms with Gasteiger partial charge in [0, 0.05) is 0 Å². The van der Waals surface area contributed by atoms with Crippen molar-refractivity contribution in [1.82, 2.24) is 0 Å². The molecule has 7 atom stereocenters. The average molecular weight is 248 g/mol. The van der Waals surface area contributed by atoms with Crippen LogP contribution >= 0.6 is 0 Å². The van der Waals surface area contributed by atoms with Gasteiger partial charge in [0.2, 0.25) is 0 Å². The third-order valence-corrected chi connectivity index (χ3v) is 5.36. The second-order valence-corrected chi connectivity index (χ2v) is 6.25. The molecule has 0 radical (unpaired) electrons. The molecule has 2 heterocycles. The van der Waals surface area contributed by atoms with Gasteiger partial charge in [-0.2, -0.15) is 0 Å². The number of hydrogen-bond acceptors (Lipinski definition) is 3. The van der Waals surface area contributed by atoms with E-state index in [0.717, 1.165) is 18.8 Å². The summed E-state index contributed by atoms with van der Waals surface area (Å²) in [6, 6.07) is 0. The van der Waals surface area contributed by atoms with Crippen molar-refractivity contribution in [2.75, 3.05) is 6.61 Å². The zero-order valence-electron chi connectivity index (χ0n) is 10.7. The van der Waals surface area contributed by atoms with Crippen LogP contribution < -0.4 is 0 Å². The summed E-state index contributed by atoms with van der Waals surface area (Å²) in [6.07, 6.45) is 8.27. The van der Waals surface area contributed by atoms with E-state index in [9.17, 15) is 4.79 Å². The second kappa shape index (κ2) is 3.83. The van der Waals surface area contributed by atoms with Gasteiger partial charge in [-0.05, 0) is 42.9 Å². The van der Waals surface area contributed by atoms with Gasteiger partial charge in [0.25, 0.3) is 0 Å². The van der Waals surface area contributed by atoms with Gasteiger partial charge in [-0.15, -0.1) is 0 Å². The summed E-state index contributed by atoms with van der Waals surface area (Å²) in [5.74, 6) is 2.67. The van der Waals surface area contributed by atoms with Crippen molar-refractivity contribution in [1.29, 1.82) is 0 Å². The quantitative estimate of drug-likeness (QED) is 0.567. The number of carbonyl (C=O) groups is 1. The average Bonchev–Trinajstić information content (AvgIpc) is 3.10. The Morgan fingerprint density at radius 2 is 2.06 bits per heavy atom. The number of rotatable bonds is 3. The van der Waals surface area contributed by atoms with E-state index in [4.69, 9.17) is 9.47 Å². The third kappa shape index (κ3) is 1.31. The molecule has 4 aliphatic rings. The first-order valence-electron chi connectivity index (χ1n) is 7.30. The Morgan fingerprint density at radius 1 is 1.28 bits per heavy atom. The molecule has 0 aromatic carbocycles. The second-order valence-electron chi connectivity index (χ2n) is 6.25. The maximum absolute atomic E-state index is 12.1. The van der Waals surface area contributed by atoms with Gasteiger partial charge in [0.05, 0.1) is 24.7 Å². The molecule has 3 nitrogen and oxygen atoms in total. The molecular formula is C15H20O3. The molecule has 2 saturated heterocycles. The Labute approximate surface area is 108 Å². The number of esters is 1. The van der Waals surface area contributed by atoms with Crippen molar-refractivity contribution in [3.8, 4) is 0 Å². The Bertz CT molecular complexity index is 403. The van der Waals surface area contributed by atoms with E-state index in [-0.39, 0.29) is 18.0 Å². The predicted octanol–water partition coefficient (Wildman–Crippen LogP) is 2.17. The van der Waals surface area contributed by atoms with Crippen molar-refractivity contribution < 1.29 is 14.3 Å². The predicted molar refractivity (Wildman–Crippen MR) is 65.7 cm³/mol. The smallest absolute Gasteiger partial charge is 0.311 e. The van der Waals surface area contributed by atoms with Crippen LogP contribution in [0.25, 0.3) is 0 Å². The van der Waals surface area contributed by atoms with E-state index >= 15 is 0 Å². The fourth-order valence-corrected chi connectivity index (χ4v) is 4.77. The van der Waals surface area contributed by atoms with E-state index in [1.807, 2.05) is 6.92 Å². The largest absolute Gasteiger partial charge is 0.465 e. The van der Waals surface area contributed by atoms with Crippen LogP contribution in [0.3, 0.4) is 0 Å². The van der Waals surface area contributed by atoms with Crippen LogP contribution in [-0.4, -0.2) is 24.8 Å². The minimum Gasteiger partial charge on any atom is -0.465 e. The van der Waals surface area contributed by atoms with E-state index in [2.05, 4.69) is 12.2 Å². The first kappa shape index (κ1) is 11.0. The van der Waals surface area contributed by atoms with E-state index < -0.39 is 0 Å². The fourth-order valence-electron chi connectivity index (χ4n) is 4.77. The minimum atomic E-state index is -0.0189. The maximum atomic E-state index is 12.1. The monoisotopic (exact) mass is 248 g/mol. The fraction of sp³-hybridized carbons (Fsp3) is 0.800. The number of fused-ring (bicyclic) bond motifs is 9. The molecule has 3 heteroatoms. The van der Waals surface area contributed by atoms with Crippen LogP contribution in [0.4, 0.5) is 0 Å². The van der Waals surface area contributed by atoms with E-state index in [0.29, 0.717) is 30.5 Å². The number of hydrogen-bond donors (Lipinski definition) is 0. The maximum Gasteiger partial charge on any atom is 0.311 e. The van der Waals surface area contributed by atoms with Crippen molar-refractivity contribution in [2.45, 2.75) is 38.4 Å². The van der Waals surface area contributed by atoms with Crippen molar-refractivity contribution in [3.05, 3.63) is 12.2 Å². The summed E-state index contributed by atoms with van der Waals surface area (Å²) in [4.78, 5) is 12.1. The summed E-state index contributed by atoms with van der Waals surface area (Å²) in [5, 5.41) is 0. The molecule has 98 valence electrons. The molecule has 2 aliphatic heterocycles. The Morgan fingerprint density at radius 3 is 2.83 bits per heavy atom. The Hall–Kier alpha value is -0.830. The van der Waals surface area contributed by atoms with Gasteiger partial charge in [-0.1, -0.05) is 19.1 Å². The van der Waals surface area contributed by atoms with Gasteiger partial charge in [-0.3, -0.25) is 4.79 Å². The molecule has 2 aliphatic carbocycles. The molecule has 7 unspecified atom stereocenters. The highest BCUT2D eigenvalue weighted by Gasteiger charge is 2.63. The van der Waals surface area contributed by atoms with Crippen molar-refractivity contribution >= 4 is 5.97 Å². The lowest BCUT2D eigenvalue weighted by Crippen LogP contribution is -2.39. The summed E-state index contributed by atoms with van der Waals surface area (Å²) >= 11 is 0. The van der Waals surface area contributed by atoms with Crippen molar-refractivity contribution in [2.24, 2.45) is 29.6 Å². The van der Waals surface area contributed by atoms with Crippen LogP contribution in [0, 0.1) is 29.6 Å². The van der Waals surface area contributed by atoms with Crippen LogP contribution in [0.15, 0.2) is 12.2 Å². The third-order valence-electron chi connectivity index (χ3n) is 5.36. The van der Waals surface area contributed by atoms with Crippen LogP contribution in [0.1, 0.15) is 26.2 Å². The first-order valence-corrected chi connectivity index (χ1v) is 7.30. The molecule has 1 saturated carbocycles. The molecule has 0 spiro atoms. The van der Waals surface area contributed by atoms with Crippen LogP contribution in [0.2, 0.25) is 0 Å². The molecule has 3 fully saturated rings. The zero-order valence-corrected chi connectivity index (χ0v) is 10.7. The topological polar surface area (TPSA) is 35.5 Å². The highest BCUT2D eigenvalue weighted by molar-refractivity contribution is 5.74. The first-order chi connectivity index (χ1) is 8.79. The van der Waals surface area contributed by atoms with Gasteiger partial charge in [0.15, 0.2) is 0 Å². The molecule has 0 amide bonds. The summed E-state index contributed by atoms with van der Waals surface area (Å²) < 4.78 is 11.4. The Balaban J connectivity index is 1.52. The number of ether oxygens (including phenoxy) is 2. The van der Waals surface area contributed by atoms with Gasteiger partial charge in [-0.25, -0.2) is 0 Å². The van der Waals surface area contributed by atoms with Gasteiger partial charge in [0.1, 0.15) is 0 Å². The van der Waals surface area contributed by atoms with Crippen molar-refractivity contribution in [3.63, 3.8) is 0 Å². The summed E-state index contributed by atoms with van der Waals surface area (Å²) in [7, 11) is 0. The van der Waals surface area contributed by atoms with Crippen LogP contribution in [0.5, 0.6) is 0 Å². The Kier molecular flexibility index (Phi) is 2.35.